The molecule has 0 spiro atoms. The number of hydrogen-bond acceptors (Lipinski definition) is 3. The van der Waals surface area contributed by atoms with Crippen molar-refractivity contribution < 1.29 is 9.18 Å². The van der Waals surface area contributed by atoms with Crippen molar-refractivity contribution in [1.82, 2.24) is 0 Å². The molecular weight excluding hydrogens is 357 g/mol. The fourth-order valence-corrected chi connectivity index (χ4v) is 3.60. The van der Waals surface area contributed by atoms with Crippen molar-refractivity contribution >= 4 is 44.7 Å². The van der Waals surface area contributed by atoms with Crippen LogP contribution in [0, 0.1) is 5.82 Å². The van der Waals surface area contributed by atoms with Gasteiger partial charge in [-0.3, -0.25) is 4.79 Å². The van der Waals surface area contributed by atoms with Gasteiger partial charge in [0.25, 0.3) is 0 Å². The molecule has 1 saturated carbocycles. The number of rotatable bonds is 5. The predicted molar refractivity (Wildman–Crippen MR) is 88.8 cm³/mol. The molecule has 0 aromatic heterocycles. The number of anilines is 1. The largest absolute Gasteiger partial charge is 0.389 e. The van der Waals surface area contributed by atoms with Gasteiger partial charge >= 0.3 is 0 Å². The summed E-state index contributed by atoms with van der Waals surface area (Å²) in [5, 5.41) is 0. The van der Waals surface area contributed by atoms with Gasteiger partial charge in [0.2, 0.25) is 5.91 Å². The first-order chi connectivity index (χ1) is 9.91. The third-order valence-corrected chi connectivity index (χ3v) is 4.72. The van der Waals surface area contributed by atoms with Crippen LogP contribution >= 0.6 is 28.1 Å². The molecule has 114 valence electrons. The molecule has 1 aromatic carbocycles. The Kier molecular flexibility index (Phi) is 5.16. The van der Waals surface area contributed by atoms with Gasteiger partial charge in [0, 0.05) is 11.6 Å². The molecule has 0 radical (unpaired) electrons. The SMILES string of the molecule is NC(=O)CN(c1ccc(C(N)=S)c(Br)c1F)C1CCCC1. The van der Waals surface area contributed by atoms with Gasteiger partial charge in [0.15, 0.2) is 5.82 Å². The molecule has 7 heteroatoms. The van der Waals surface area contributed by atoms with E-state index < -0.39 is 11.7 Å². The molecule has 1 aliphatic carbocycles. The minimum Gasteiger partial charge on any atom is -0.389 e. The first kappa shape index (κ1) is 16.2. The van der Waals surface area contributed by atoms with Crippen LogP contribution in [0.4, 0.5) is 10.1 Å². The zero-order valence-electron chi connectivity index (χ0n) is 11.4. The van der Waals surface area contributed by atoms with Crippen molar-refractivity contribution in [2.45, 2.75) is 31.7 Å². The maximum atomic E-state index is 14.6. The van der Waals surface area contributed by atoms with Crippen LogP contribution in [0.5, 0.6) is 0 Å². The third kappa shape index (κ3) is 3.52. The molecule has 0 heterocycles. The van der Waals surface area contributed by atoms with Gasteiger partial charge in [-0.2, -0.15) is 0 Å². The van der Waals surface area contributed by atoms with Crippen molar-refractivity contribution in [3.05, 3.63) is 28.0 Å². The average Bonchev–Trinajstić information content (AvgIpc) is 2.92. The van der Waals surface area contributed by atoms with Gasteiger partial charge in [0.1, 0.15) is 4.99 Å². The van der Waals surface area contributed by atoms with Crippen molar-refractivity contribution in [1.29, 1.82) is 0 Å². The molecule has 0 unspecified atom stereocenters. The molecule has 2 rings (SSSR count). The number of halogens is 2. The predicted octanol–water partition coefficient (Wildman–Crippen LogP) is 2.46. The Morgan fingerprint density at radius 3 is 2.52 bits per heavy atom. The number of benzene rings is 1. The molecule has 0 bridgehead atoms. The molecule has 0 saturated heterocycles. The van der Waals surface area contributed by atoms with E-state index in [4.69, 9.17) is 23.7 Å². The number of thiocarbonyl (C=S) groups is 1. The van der Waals surface area contributed by atoms with Gasteiger partial charge in [-0.15, -0.1) is 0 Å². The highest BCUT2D eigenvalue weighted by molar-refractivity contribution is 9.10. The van der Waals surface area contributed by atoms with E-state index >= 15 is 0 Å². The molecule has 4 nitrogen and oxygen atoms in total. The normalized spacial score (nSPS) is 15.1. The first-order valence-corrected chi connectivity index (χ1v) is 7.94. The van der Waals surface area contributed by atoms with Gasteiger partial charge in [-0.05, 0) is 40.9 Å². The maximum Gasteiger partial charge on any atom is 0.236 e. The fraction of sp³-hybridized carbons (Fsp3) is 0.429. The van der Waals surface area contributed by atoms with Crippen molar-refractivity contribution in [2.24, 2.45) is 11.5 Å². The fourth-order valence-electron chi connectivity index (χ4n) is 2.75. The van der Waals surface area contributed by atoms with Crippen LogP contribution in [-0.4, -0.2) is 23.5 Å². The van der Waals surface area contributed by atoms with Crippen LogP contribution in [0.1, 0.15) is 31.2 Å². The summed E-state index contributed by atoms with van der Waals surface area (Å²) in [7, 11) is 0. The third-order valence-electron chi connectivity index (χ3n) is 3.73. The average molecular weight is 374 g/mol. The second-order valence-electron chi connectivity index (χ2n) is 5.16. The van der Waals surface area contributed by atoms with E-state index in [1.807, 2.05) is 0 Å². The smallest absolute Gasteiger partial charge is 0.236 e. The standard InChI is InChI=1S/C14H17BrFN3OS/c15-12-9(14(18)21)5-6-10(13(12)16)19(7-11(17)20)8-3-1-2-4-8/h5-6,8H,1-4,7H2,(H2,17,20)(H2,18,21). The highest BCUT2D eigenvalue weighted by Crippen LogP contribution is 2.34. The molecule has 0 aliphatic heterocycles. The molecule has 1 aliphatic rings. The number of carbonyl (C=O) groups excluding carboxylic acids is 1. The summed E-state index contributed by atoms with van der Waals surface area (Å²) in [6.45, 7) is 0.000441. The maximum absolute atomic E-state index is 14.6. The van der Waals surface area contributed by atoms with Gasteiger partial charge in [0.05, 0.1) is 16.7 Å². The number of carbonyl (C=O) groups is 1. The minimum absolute atomic E-state index is 0.000441. The van der Waals surface area contributed by atoms with Crippen LogP contribution in [0.3, 0.4) is 0 Å². The molecule has 4 N–H and O–H groups in total. The number of primary amides is 1. The van der Waals surface area contributed by atoms with E-state index in [0.29, 0.717) is 11.3 Å². The summed E-state index contributed by atoms with van der Waals surface area (Å²) in [6, 6.07) is 3.40. The Morgan fingerprint density at radius 2 is 2.00 bits per heavy atom. The van der Waals surface area contributed by atoms with E-state index in [1.165, 1.54) is 0 Å². The van der Waals surface area contributed by atoms with E-state index in [0.717, 1.165) is 25.7 Å². The van der Waals surface area contributed by atoms with E-state index in [-0.39, 0.29) is 22.0 Å². The second-order valence-corrected chi connectivity index (χ2v) is 6.39. The summed E-state index contributed by atoms with van der Waals surface area (Å²) < 4.78 is 14.8. The molecule has 1 amide bonds. The highest BCUT2D eigenvalue weighted by Gasteiger charge is 2.27. The Morgan fingerprint density at radius 1 is 1.38 bits per heavy atom. The van der Waals surface area contributed by atoms with Crippen molar-refractivity contribution in [2.75, 3.05) is 11.4 Å². The molecule has 21 heavy (non-hydrogen) atoms. The summed E-state index contributed by atoms with van der Waals surface area (Å²) in [4.78, 5) is 13.2. The highest BCUT2D eigenvalue weighted by atomic mass is 79.9. The lowest BCUT2D eigenvalue weighted by molar-refractivity contribution is -0.116. The number of amides is 1. The topological polar surface area (TPSA) is 72.4 Å². The lowest BCUT2D eigenvalue weighted by Gasteiger charge is -2.30. The Labute approximate surface area is 136 Å². The Bertz CT molecular complexity index is 576. The van der Waals surface area contributed by atoms with E-state index in [2.05, 4.69) is 15.9 Å². The lowest BCUT2D eigenvalue weighted by atomic mass is 10.1. The van der Waals surface area contributed by atoms with Crippen molar-refractivity contribution in [3.8, 4) is 0 Å². The lowest BCUT2D eigenvalue weighted by Crippen LogP contribution is -2.40. The van der Waals surface area contributed by atoms with Crippen LogP contribution in [0.2, 0.25) is 0 Å². The Balaban J connectivity index is 2.42. The summed E-state index contributed by atoms with van der Waals surface area (Å²) >= 11 is 8.08. The molecule has 1 aromatic rings. The van der Waals surface area contributed by atoms with Crippen LogP contribution in [0.15, 0.2) is 16.6 Å². The van der Waals surface area contributed by atoms with Crippen molar-refractivity contribution in [3.63, 3.8) is 0 Å². The van der Waals surface area contributed by atoms with Gasteiger partial charge in [-0.25, -0.2) is 4.39 Å². The van der Waals surface area contributed by atoms with Gasteiger partial charge < -0.3 is 16.4 Å². The number of nitrogens with zero attached hydrogens (tertiary/aromatic N) is 1. The summed E-state index contributed by atoms with van der Waals surface area (Å²) in [6.07, 6.45) is 4.02. The number of hydrogen-bond donors (Lipinski definition) is 2. The van der Waals surface area contributed by atoms with E-state index in [1.54, 1.807) is 17.0 Å². The minimum atomic E-state index is -0.476. The van der Waals surface area contributed by atoms with Crippen LogP contribution in [-0.2, 0) is 4.79 Å². The van der Waals surface area contributed by atoms with Crippen LogP contribution in [0.25, 0.3) is 0 Å². The second kappa shape index (κ2) is 6.70. The van der Waals surface area contributed by atoms with Gasteiger partial charge in [-0.1, -0.05) is 25.1 Å². The quantitative estimate of drug-likeness (QED) is 0.777. The van der Waals surface area contributed by atoms with Crippen LogP contribution < -0.4 is 16.4 Å². The monoisotopic (exact) mass is 373 g/mol. The molecule has 0 atom stereocenters. The Hall–Kier alpha value is -1.21. The summed E-state index contributed by atoms with van der Waals surface area (Å²) in [5.74, 6) is -0.940. The first-order valence-electron chi connectivity index (χ1n) is 6.74. The zero-order valence-corrected chi connectivity index (χ0v) is 13.8. The molecule has 1 fully saturated rings. The molecular formula is C14H17BrFN3OS. The number of nitrogens with two attached hydrogens (primary N) is 2. The van der Waals surface area contributed by atoms with E-state index in [9.17, 15) is 9.18 Å². The zero-order chi connectivity index (χ0) is 15.6. The summed E-state index contributed by atoms with van der Waals surface area (Å²) in [5.41, 5.74) is 11.7.